The van der Waals surface area contributed by atoms with Crippen molar-refractivity contribution in [2.24, 2.45) is 0 Å². The normalized spacial score (nSPS) is 10.7. The van der Waals surface area contributed by atoms with Gasteiger partial charge in [-0.05, 0) is 61.5 Å². The lowest BCUT2D eigenvalue weighted by molar-refractivity contribution is 0.0696. The third kappa shape index (κ3) is 4.29. The lowest BCUT2D eigenvalue weighted by Gasteiger charge is -2.15. The summed E-state index contributed by atoms with van der Waals surface area (Å²) < 4.78 is 3.09. The summed E-state index contributed by atoms with van der Waals surface area (Å²) in [6, 6.07) is 12.8. The number of hydrogen-bond donors (Lipinski definition) is 2. The van der Waals surface area contributed by atoms with E-state index in [-0.39, 0.29) is 5.56 Å². The van der Waals surface area contributed by atoms with Crippen molar-refractivity contribution in [1.29, 1.82) is 0 Å². The molecule has 5 nitrogen and oxygen atoms in total. The Hall–Kier alpha value is -2.57. The highest BCUT2D eigenvalue weighted by Crippen LogP contribution is 2.33. The smallest absolute Gasteiger partial charge is 0.335 e. The second kappa shape index (κ2) is 8.63. The molecule has 1 aromatic heterocycles. The largest absolute Gasteiger partial charge is 0.478 e. The molecule has 0 saturated heterocycles. The van der Waals surface area contributed by atoms with Crippen LogP contribution in [0, 0.1) is 13.8 Å². The van der Waals surface area contributed by atoms with Crippen LogP contribution in [-0.2, 0) is 6.42 Å². The first-order valence-corrected chi connectivity index (χ1v) is 9.99. The van der Waals surface area contributed by atoms with E-state index in [1.165, 1.54) is 11.9 Å². The van der Waals surface area contributed by atoms with Gasteiger partial charge in [0.2, 0.25) is 5.95 Å². The Morgan fingerprint density at radius 2 is 1.82 bits per heavy atom. The monoisotopic (exact) mass is 413 g/mol. The molecule has 7 heteroatoms. The van der Waals surface area contributed by atoms with Crippen LogP contribution in [-0.4, -0.2) is 21.0 Å². The lowest BCUT2D eigenvalue weighted by Crippen LogP contribution is -2.04. The fourth-order valence-corrected chi connectivity index (χ4v) is 3.94. The van der Waals surface area contributed by atoms with E-state index in [0.29, 0.717) is 11.1 Å². The Kier molecular flexibility index (Phi) is 6.21. The first-order valence-electron chi connectivity index (χ1n) is 8.80. The third-order valence-corrected chi connectivity index (χ3v) is 5.46. The zero-order chi connectivity index (χ0) is 20.3. The van der Waals surface area contributed by atoms with Gasteiger partial charge in [0, 0.05) is 16.0 Å². The number of rotatable bonds is 6. The maximum atomic E-state index is 11.1. The Labute approximate surface area is 173 Å². The van der Waals surface area contributed by atoms with Crippen LogP contribution in [0.4, 0.5) is 5.95 Å². The van der Waals surface area contributed by atoms with Crippen molar-refractivity contribution in [3.63, 3.8) is 0 Å². The second-order valence-electron chi connectivity index (χ2n) is 6.32. The van der Waals surface area contributed by atoms with E-state index < -0.39 is 5.97 Å². The molecule has 2 aromatic carbocycles. The average Bonchev–Trinajstić information content (AvgIpc) is 2.66. The molecule has 2 N–H and O–H groups in total. The van der Waals surface area contributed by atoms with E-state index in [4.69, 9.17) is 21.7 Å². The van der Waals surface area contributed by atoms with Crippen molar-refractivity contribution < 1.29 is 9.90 Å². The standard InChI is InChI=1S/C21H20ClN3O2S/c1-4-16-18(17-12(2)7-5-8-13(17)3)23-21(24-19(16)22)25-28-15-10-6-9-14(11-15)20(26)27/h5-11H,4H2,1-3H3,(H,26,27)(H,23,24,25). The number of benzene rings is 2. The molecule has 1 heterocycles. The average molecular weight is 414 g/mol. The highest BCUT2D eigenvalue weighted by Gasteiger charge is 2.17. The summed E-state index contributed by atoms with van der Waals surface area (Å²) in [5.74, 6) is -0.586. The highest BCUT2D eigenvalue weighted by molar-refractivity contribution is 8.00. The van der Waals surface area contributed by atoms with Crippen LogP contribution in [0.1, 0.15) is 34.0 Å². The van der Waals surface area contributed by atoms with Crippen molar-refractivity contribution in [2.45, 2.75) is 32.1 Å². The number of carboxylic acids is 1. The van der Waals surface area contributed by atoms with E-state index in [1.54, 1.807) is 18.2 Å². The number of aromatic carboxylic acids is 1. The lowest BCUT2D eigenvalue weighted by atomic mass is 9.96. The number of hydrogen-bond acceptors (Lipinski definition) is 5. The Morgan fingerprint density at radius 3 is 2.46 bits per heavy atom. The summed E-state index contributed by atoms with van der Waals surface area (Å²) in [6.45, 7) is 6.13. The number of aryl methyl sites for hydroxylation is 2. The topological polar surface area (TPSA) is 75.1 Å². The molecule has 0 radical (unpaired) electrons. The van der Waals surface area contributed by atoms with Gasteiger partial charge in [-0.15, -0.1) is 0 Å². The fraction of sp³-hybridized carbons (Fsp3) is 0.190. The number of nitrogens with one attached hydrogen (secondary N) is 1. The van der Waals surface area contributed by atoms with Crippen molar-refractivity contribution >= 4 is 35.5 Å². The Morgan fingerprint density at radius 1 is 1.14 bits per heavy atom. The molecular weight excluding hydrogens is 394 g/mol. The van der Waals surface area contributed by atoms with Gasteiger partial charge in [-0.25, -0.2) is 14.8 Å². The maximum Gasteiger partial charge on any atom is 0.335 e. The van der Waals surface area contributed by atoms with Gasteiger partial charge in [0.25, 0.3) is 0 Å². The van der Waals surface area contributed by atoms with Gasteiger partial charge < -0.3 is 5.11 Å². The summed E-state index contributed by atoms with van der Waals surface area (Å²) in [5.41, 5.74) is 5.25. The minimum Gasteiger partial charge on any atom is -0.478 e. The number of halogens is 1. The maximum absolute atomic E-state index is 11.1. The molecule has 3 aromatic rings. The van der Waals surface area contributed by atoms with E-state index >= 15 is 0 Å². The SMILES string of the molecule is CCc1c(Cl)nc(NSc2cccc(C(=O)O)c2)nc1-c1c(C)cccc1C. The molecule has 0 fully saturated rings. The Bertz CT molecular complexity index is 1020. The minimum absolute atomic E-state index is 0.225. The van der Waals surface area contributed by atoms with Gasteiger partial charge in [-0.2, -0.15) is 0 Å². The van der Waals surface area contributed by atoms with Gasteiger partial charge in [0.15, 0.2) is 0 Å². The van der Waals surface area contributed by atoms with Crippen LogP contribution < -0.4 is 4.72 Å². The summed E-state index contributed by atoms with van der Waals surface area (Å²) >= 11 is 7.70. The van der Waals surface area contributed by atoms with E-state index in [1.807, 2.05) is 19.1 Å². The number of aromatic nitrogens is 2. The molecule has 0 saturated carbocycles. The zero-order valence-electron chi connectivity index (χ0n) is 15.8. The third-order valence-electron chi connectivity index (χ3n) is 4.37. The first kappa shape index (κ1) is 20.2. The Balaban J connectivity index is 1.96. The minimum atomic E-state index is -0.966. The van der Waals surface area contributed by atoms with Crippen LogP contribution in [0.15, 0.2) is 47.4 Å². The van der Waals surface area contributed by atoms with E-state index in [9.17, 15) is 4.79 Å². The molecule has 28 heavy (non-hydrogen) atoms. The molecule has 3 rings (SSSR count). The number of nitrogens with zero attached hydrogens (tertiary/aromatic N) is 2. The van der Waals surface area contributed by atoms with Crippen LogP contribution in [0.2, 0.25) is 5.15 Å². The predicted molar refractivity (Wildman–Crippen MR) is 114 cm³/mol. The van der Waals surface area contributed by atoms with Crippen molar-refractivity contribution in [1.82, 2.24) is 9.97 Å². The predicted octanol–water partition coefficient (Wildman–Crippen LogP) is 5.79. The van der Waals surface area contributed by atoms with Crippen LogP contribution in [0.3, 0.4) is 0 Å². The highest BCUT2D eigenvalue weighted by atomic mass is 35.5. The fourth-order valence-electron chi connectivity index (χ4n) is 3.01. The first-order chi connectivity index (χ1) is 13.4. The number of anilines is 1. The summed E-state index contributed by atoms with van der Waals surface area (Å²) in [4.78, 5) is 21.0. The molecule has 0 aliphatic rings. The van der Waals surface area contributed by atoms with E-state index in [2.05, 4.69) is 35.7 Å². The molecule has 0 aliphatic heterocycles. The second-order valence-corrected chi connectivity index (χ2v) is 7.56. The van der Waals surface area contributed by atoms with Gasteiger partial charge in [-0.3, -0.25) is 4.72 Å². The van der Waals surface area contributed by atoms with Crippen LogP contribution in [0.25, 0.3) is 11.3 Å². The number of carbonyl (C=O) groups is 1. The molecule has 0 atom stereocenters. The van der Waals surface area contributed by atoms with Gasteiger partial charge in [0.05, 0.1) is 11.3 Å². The van der Waals surface area contributed by atoms with Crippen molar-refractivity contribution in [2.75, 3.05) is 4.72 Å². The summed E-state index contributed by atoms with van der Waals surface area (Å²) in [7, 11) is 0. The van der Waals surface area contributed by atoms with Gasteiger partial charge >= 0.3 is 5.97 Å². The van der Waals surface area contributed by atoms with Crippen LogP contribution >= 0.6 is 23.5 Å². The molecule has 0 bridgehead atoms. The van der Waals surface area contributed by atoms with Gasteiger partial charge in [-0.1, -0.05) is 42.8 Å². The quantitative estimate of drug-likeness (QED) is 0.393. The molecule has 0 spiro atoms. The summed E-state index contributed by atoms with van der Waals surface area (Å²) in [6.07, 6.45) is 0.718. The van der Waals surface area contributed by atoms with Crippen molar-refractivity contribution in [3.05, 3.63) is 69.9 Å². The molecule has 0 unspecified atom stereocenters. The zero-order valence-corrected chi connectivity index (χ0v) is 17.4. The van der Waals surface area contributed by atoms with E-state index in [0.717, 1.165) is 39.3 Å². The van der Waals surface area contributed by atoms with Gasteiger partial charge in [0.1, 0.15) is 5.15 Å². The molecule has 0 aliphatic carbocycles. The molecule has 0 amide bonds. The molecular formula is C21H20ClN3O2S. The van der Waals surface area contributed by atoms with Crippen LogP contribution in [0.5, 0.6) is 0 Å². The number of carboxylic acid groups (broad SMARTS) is 1. The summed E-state index contributed by atoms with van der Waals surface area (Å²) in [5, 5.41) is 9.55. The van der Waals surface area contributed by atoms with Crippen molar-refractivity contribution in [3.8, 4) is 11.3 Å². The molecule has 144 valence electrons.